The Hall–Kier alpha value is -3.46. The molecule has 0 aromatic carbocycles. The minimum absolute atomic E-state index is 0.403. The van der Waals surface area contributed by atoms with Crippen LogP contribution in [0.2, 0.25) is 0 Å². The van der Waals surface area contributed by atoms with Crippen molar-refractivity contribution < 1.29 is 4.74 Å². The molecule has 1 aliphatic heterocycles. The molecule has 4 aromatic heterocycles. The third-order valence-corrected chi connectivity index (χ3v) is 4.87. The fourth-order valence-electron chi connectivity index (χ4n) is 3.45. The Bertz CT molecular complexity index is 1100. The molecule has 1 atom stereocenters. The van der Waals surface area contributed by atoms with Gasteiger partial charge >= 0.3 is 0 Å². The number of nitrogens with one attached hydrogen (secondary N) is 3. The van der Waals surface area contributed by atoms with Crippen LogP contribution in [0, 0.1) is 0 Å². The summed E-state index contributed by atoms with van der Waals surface area (Å²) in [6.07, 6.45) is 6.37. The summed E-state index contributed by atoms with van der Waals surface area (Å²) < 4.78 is 7.28. The average molecular weight is 406 g/mol. The molecule has 9 nitrogen and oxygen atoms in total. The van der Waals surface area contributed by atoms with Gasteiger partial charge in [0.15, 0.2) is 11.4 Å². The van der Waals surface area contributed by atoms with Gasteiger partial charge in [-0.15, -0.1) is 0 Å². The van der Waals surface area contributed by atoms with Crippen molar-refractivity contribution in [3.8, 4) is 28.4 Å². The van der Waals surface area contributed by atoms with Gasteiger partial charge in [0.25, 0.3) is 0 Å². The molecule has 1 saturated heterocycles. The van der Waals surface area contributed by atoms with Crippen LogP contribution in [0.3, 0.4) is 0 Å². The van der Waals surface area contributed by atoms with Crippen LogP contribution in [0.15, 0.2) is 42.9 Å². The first-order valence-electron chi connectivity index (χ1n) is 10.2. The summed E-state index contributed by atoms with van der Waals surface area (Å²) in [5, 5.41) is 18.4. The fourth-order valence-corrected chi connectivity index (χ4v) is 3.45. The highest BCUT2D eigenvalue weighted by atomic mass is 16.5. The molecule has 0 saturated carbocycles. The molecule has 0 bridgehead atoms. The summed E-state index contributed by atoms with van der Waals surface area (Å²) in [7, 11) is 1.62. The lowest BCUT2D eigenvalue weighted by atomic mass is 10.2. The zero-order chi connectivity index (χ0) is 20.9. The fraction of sp³-hybridized carbons (Fsp3) is 0.333. The molecule has 0 spiro atoms. The third-order valence-electron chi connectivity index (χ3n) is 4.87. The van der Waals surface area contributed by atoms with Crippen molar-refractivity contribution in [1.82, 2.24) is 35.1 Å². The van der Waals surface area contributed by atoms with Crippen LogP contribution in [0.5, 0.6) is 5.75 Å². The second-order valence-corrected chi connectivity index (χ2v) is 6.70. The Morgan fingerprint density at radius 2 is 2.13 bits per heavy atom. The van der Waals surface area contributed by atoms with Crippen LogP contribution in [0.1, 0.15) is 20.3 Å². The molecule has 0 amide bonds. The maximum Gasteiger partial charge on any atom is 0.157 e. The highest BCUT2D eigenvalue weighted by molar-refractivity contribution is 5.69. The maximum absolute atomic E-state index is 5.50. The van der Waals surface area contributed by atoms with Gasteiger partial charge in [0.2, 0.25) is 0 Å². The van der Waals surface area contributed by atoms with E-state index in [1.165, 1.54) is 0 Å². The predicted octanol–water partition coefficient (Wildman–Crippen LogP) is 2.99. The molecule has 3 N–H and O–H groups in total. The quantitative estimate of drug-likeness (QED) is 0.468. The number of fused-ring (bicyclic) bond motifs is 1. The predicted molar refractivity (Wildman–Crippen MR) is 117 cm³/mol. The van der Waals surface area contributed by atoms with Crippen molar-refractivity contribution in [2.75, 3.05) is 25.5 Å². The molecule has 1 unspecified atom stereocenters. The lowest BCUT2D eigenvalue weighted by molar-refractivity contribution is 0.414. The highest BCUT2D eigenvalue weighted by Crippen LogP contribution is 2.30. The highest BCUT2D eigenvalue weighted by Gasteiger charge is 2.17. The number of aromatic amines is 1. The number of anilines is 1. The summed E-state index contributed by atoms with van der Waals surface area (Å²) in [4.78, 5) is 9.26. The van der Waals surface area contributed by atoms with Crippen LogP contribution in [-0.4, -0.2) is 56.0 Å². The van der Waals surface area contributed by atoms with Crippen LogP contribution in [0.25, 0.3) is 28.3 Å². The first-order valence-corrected chi connectivity index (χ1v) is 10.2. The summed E-state index contributed by atoms with van der Waals surface area (Å²) in [5.74, 6) is 1.49. The largest absolute Gasteiger partial charge is 0.494 e. The number of nitrogens with zero attached hydrogens (tertiary/aromatic N) is 5. The van der Waals surface area contributed by atoms with E-state index in [2.05, 4.69) is 25.8 Å². The standard InChI is InChI=1S/C19H20N8O.C2H6/c1-28-16-7-18-21-11-15(27(18)26-19(16)12-8-22-23-9-12)14-3-2-4-17(25-14)24-13-5-6-20-10-13;1-2/h2-4,7-9,11,13,20H,5-6,10H2,1H3,(H,22,23)(H,24,25);1-2H3. The second kappa shape index (κ2) is 8.91. The van der Waals surface area contributed by atoms with Gasteiger partial charge in [0, 0.05) is 30.4 Å². The van der Waals surface area contributed by atoms with Crippen molar-refractivity contribution in [1.29, 1.82) is 0 Å². The normalized spacial score (nSPS) is 15.6. The van der Waals surface area contributed by atoms with Gasteiger partial charge in [0.1, 0.15) is 17.2 Å². The van der Waals surface area contributed by atoms with Crippen LogP contribution in [0.4, 0.5) is 5.82 Å². The lowest BCUT2D eigenvalue weighted by Gasteiger charge is -2.13. The van der Waals surface area contributed by atoms with E-state index < -0.39 is 0 Å². The van der Waals surface area contributed by atoms with Gasteiger partial charge in [-0.05, 0) is 25.1 Å². The van der Waals surface area contributed by atoms with E-state index in [1.807, 2.05) is 38.1 Å². The molecule has 5 rings (SSSR count). The molecular weight excluding hydrogens is 380 g/mol. The molecule has 4 aromatic rings. The SMILES string of the molecule is CC.COc1cc2ncc(-c3cccc(NC4CCNC4)n3)n2nc1-c1cn[nH]c1. The maximum atomic E-state index is 5.50. The van der Waals surface area contributed by atoms with Crippen LogP contribution < -0.4 is 15.4 Å². The topological polar surface area (TPSA) is 105 Å². The minimum atomic E-state index is 0.403. The van der Waals surface area contributed by atoms with Crippen molar-refractivity contribution in [2.45, 2.75) is 26.3 Å². The molecule has 5 heterocycles. The number of aromatic nitrogens is 6. The van der Waals surface area contributed by atoms with Gasteiger partial charge in [0.05, 0.1) is 25.2 Å². The van der Waals surface area contributed by atoms with E-state index in [4.69, 9.17) is 14.8 Å². The van der Waals surface area contributed by atoms with Crippen molar-refractivity contribution in [3.05, 3.63) is 42.9 Å². The number of methoxy groups -OCH3 is 1. The summed E-state index contributed by atoms with van der Waals surface area (Å²) in [6, 6.07) is 8.21. The molecule has 1 fully saturated rings. The Balaban J connectivity index is 0.00000106. The van der Waals surface area contributed by atoms with E-state index >= 15 is 0 Å². The number of ether oxygens (including phenoxy) is 1. The molecular formula is C21H26N8O. The number of pyridine rings is 1. The minimum Gasteiger partial charge on any atom is -0.494 e. The van der Waals surface area contributed by atoms with E-state index in [9.17, 15) is 0 Å². The van der Waals surface area contributed by atoms with Crippen molar-refractivity contribution >= 4 is 11.5 Å². The van der Waals surface area contributed by atoms with Crippen LogP contribution in [-0.2, 0) is 0 Å². The number of rotatable bonds is 5. The van der Waals surface area contributed by atoms with E-state index in [0.717, 1.165) is 42.3 Å². The molecule has 1 aliphatic rings. The number of hydrogen-bond donors (Lipinski definition) is 3. The first-order chi connectivity index (χ1) is 14.8. The third kappa shape index (κ3) is 3.84. The monoisotopic (exact) mass is 406 g/mol. The van der Waals surface area contributed by atoms with Crippen LogP contribution >= 0.6 is 0 Å². The number of H-pyrrole nitrogens is 1. The van der Waals surface area contributed by atoms with Gasteiger partial charge in [-0.25, -0.2) is 14.5 Å². The van der Waals surface area contributed by atoms with Gasteiger partial charge < -0.3 is 15.4 Å². The summed E-state index contributed by atoms with van der Waals surface area (Å²) in [6.45, 7) is 5.99. The molecule has 9 heteroatoms. The summed E-state index contributed by atoms with van der Waals surface area (Å²) >= 11 is 0. The molecule has 156 valence electrons. The van der Waals surface area contributed by atoms with Crippen molar-refractivity contribution in [2.24, 2.45) is 0 Å². The zero-order valence-electron chi connectivity index (χ0n) is 17.4. The molecule has 0 radical (unpaired) electrons. The van der Waals surface area contributed by atoms with E-state index in [0.29, 0.717) is 23.1 Å². The van der Waals surface area contributed by atoms with E-state index in [1.54, 1.807) is 30.2 Å². The van der Waals surface area contributed by atoms with Gasteiger partial charge in [-0.3, -0.25) is 5.10 Å². The average Bonchev–Trinajstić information content (AvgIpc) is 3.56. The summed E-state index contributed by atoms with van der Waals surface area (Å²) in [5.41, 5.74) is 3.85. The Labute approximate surface area is 174 Å². The van der Waals surface area contributed by atoms with E-state index in [-0.39, 0.29) is 0 Å². The Morgan fingerprint density at radius 1 is 1.23 bits per heavy atom. The smallest absolute Gasteiger partial charge is 0.157 e. The van der Waals surface area contributed by atoms with Gasteiger partial charge in [-0.1, -0.05) is 19.9 Å². The zero-order valence-corrected chi connectivity index (χ0v) is 17.4. The Morgan fingerprint density at radius 3 is 2.87 bits per heavy atom. The number of hydrogen-bond acceptors (Lipinski definition) is 7. The molecule has 0 aliphatic carbocycles. The lowest BCUT2D eigenvalue weighted by Crippen LogP contribution is -2.22. The Kier molecular flexibility index (Phi) is 5.89. The van der Waals surface area contributed by atoms with Gasteiger partial charge in [-0.2, -0.15) is 10.2 Å². The first kappa shape index (κ1) is 19.8. The second-order valence-electron chi connectivity index (χ2n) is 6.70. The molecule has 30 heavy (non-hydrogen) atoms. The van der Waals surface area contributed by atoms with Crippen molar-refractivity contribution in [3.63, 3.8) is 0 Å². The number of imidazole rings is 1.